The number of benzene rings is 2. The summed E-state index contributed by atoms with van der Waals surface area (Å²) in [7, 11) is 0. The van der Waals surface area contributed by atoms with Crippen LogP contribution in [-0.2, 0) is 19.5 Å². The Bertz CT molecular complexity index is 1890. The zero-order valence-corrected chi connectivity index (χ0v) is 29.6. The maximum atomic E-state index is 13.5. The summed E-state index contributed by atoms with van der Waals surface area (Å²) in [6, 6.07) is 15.1. The summed E-state index contributed by atoms with van der Waals surface area (Å²) < 4.78 is 0. The highest BCUT2D eigenvalue weighted by atomic mass is 35.5. The van der Waals surface area contributed by atoms with E-state index in [2.05, 4.69) is 44.2 Å². The van der Waals surface area contributed by atoms with Crippen LogP contribution < -0.4 is 10.6 Å². The number of fused-ring (bicyclic) bond motifs is 1. The van der Waals surface area contributed by atoms with E-state index in [9.17, 15) is 9.59 Å². The van der Waals surface area contributed by atoms with Crippen molar-refractivity contribution in [3.63, 3.8) is 0 Å². The van der Waals surface area contributed by atoms with E-state index in [-0.39, 0.29) is 11.8 Å². The van der Waals surface area contributed by atoms with Gasteiger partial charge in [-0.1, -0.05) is 53.9 Å². The largest absolute Gasteiger partial charge is 0.319 e. The molecule has 49 heavy (non-hydrogen) atoms. The number of rotatable bonds is 9. The normalized spacial score (nSPS) is 16.8. The van der Waals surface area contributed by atoms with E-state index in [4.69, 9.17) is 23.2 Å². The van der Waals surface area contributed by atoms with Gasteiger partial charge in [0.2, 0.25) is 0 Å². The van der Waals surface area contributed by atoms with Crippen LogP contribution in [0.15, 0.2) is 60.9 Å². The molecule has 4 aromatic rings. The molecule has 2 aromatic heterocycles. The van der Waals surface area contributed by atoms with Crippen molar-refractivity contribution in [1.82, 2.24) is 19.8 Å². The molecule has 4 heterocycles. The van der Waals surface area contributed by atoms with E-state index in [1.54, 1.807) is 12.1 Å². The Morgan fingerprint density at radius 3 is 2.04 bits per heavy atom. The van der Waals surface area contributed by atoms with Crippen LogP contribution in [0.2, 0.25) is 10.0 Å². The molecule has 7 rings (SSSR count). The predicted octanol–water partition coefficient (Wildman–Crippen LogP) is 8.58. The molecule has 0 spiro atoms. The van der Waals surface area contributed by atoms with Gasteiger partial charge in [0.15, 0.2) is 0 Å². The first-order chi connectivity index (χ1) is 23.7. The van der Waals surface area contributed by atoms with Crippen molar-refractivity contribution < 1.29 is 9.59 Å². The smallest absolute Gasteiger partial charge is 0.274 e. The van der Waals surface area contributed by atoms with Crippen molar-refractivity contribution in [3.05, 3.63) is 105 Å². The second-order valence-electron chi connectivity index (χ2n) is 13.8. The third-order valence-corrected chi connectivity index (χ3v) is 10.8. The number of carbonyl (C=O) groups is 2. The lowest BCUT2D eigenvalue weighted by Crippen LogP contribution is -2.36. The van der Waals surface area contributed by atoms with Crippen LogP contribution in [0.25, 0.3) is 11.1 Å². The fourth-order valence-corrected chi connectivity index (χ4v) is 7.51. The Morgan fingerprint density at radius 2 is 1.43 bits per heavy atom. The summed E-state index contributed by atoms with van der Waals surface area (Å²) in [5.74, 6) is -0.151. The maximum Gasteiger partial charge on any atom is 0.274 e. The highest BCUT2D eigenvalue weighted by Gasteiger charge is 2.29. The van der Waals surface area contributed by atoms with E-state index >= 15 is 0 Å². The molecule has 2 aromatic carbocycles. The molecule has 2 N–H and O–H groups in total. The first-order valence-electron chi connectivity index (χ1n) is 17.4. The molecular formula is C39H42Cl2N6O2. The monoisotopic (exact) mass is 696 g/mol. The van der Waals surface area contributed by atoms with Gasteiger partial charge in [0.05, 0.1) is 21.4 Å². The van der Waals surface area contributed by atoms with Gasteiger partial charge in [-0.05, 0) is 111 Å². The Morgan fingerprint density at radius 1 is 0.816 bits per heavy atom. The van der Waals surface area contributed by atoms with Crippen LogP contribution in [0.1, 0.15) is 95.1 Å². The Hall–Kier alpha value is -3.82. The quantitative estimate of drug-likeness (QED) is 0.182. The van der Waals surface area contributed by atoms with Crippen LogP contribution in [0, 0.1) is 0 Å². The van der Waals surface area contributed by atoms with Crippen molar-refractivity contribution in [1.29, 1.82) is 0 Å². The minimum atomic E-state index is -0.333. The zero-order valence-electron chi connectivity index (χ0n) is 28.1. The highest BCUT2D eigenvalue weighted by Crippen LogP contribution is 2.43. The summed E-state index contributed by atoms with van der Waals surface area (Å²) in [4.78, 5) is 40.8. The van der Waals surface area contributed by atoms with Gasteiger partial charge in [-0.3, -0.25) is 29.4 Å². The molecule has 8 nitrogen and oxygen atoms in total. The Labute approximate surface area is 298 Å². The number of aromatic nitrogens is 2. The van der Waals surface area contributed by atoms with Crippen LogP contribution in [0.5, 0.6) is 0 Å². The third kappa shape index (κ3) is 7.53. The van der Waals surface area contributed by atoms with Crippen molar-refractivity contribution in [3.8, 4) is 11.1 Å². The Kier molecular flexibility index (Phi) is 10.0. The third-order valence-electron chi connectivity index (χ3n) is 9.99. The fraction of sp³-hybridized carbons (Fsp3) is 0.385. The molecule has 1 saturated carbocycles. The van der Waals surface area contributed by atoms with E-state index in [0.717, 1.165) is 63.1 Å². The highest BCUT2D eigenvalue weighted by molar-refractivity contribution is 6.40. The van der Waals surface area contributed by atoms with Gasteiger partial charge >= 0.3 is 0 Å². The first kappa shape index (κ1) is 33.7. The molecule has 254 valence electrons. The van der Waals surface area contributed by atoms with Crippen molar-refractivity contribution >= 4 is 46.4 Å². The zero-order chi connectivity index (χ0) is 34.1. The molecule has 1 aliphatic carbocycles. The number of hydrogen-bond acceptors (Lipinski definition) is 6. The fourth-order valence-electron chi connectivity index (χ4n) is 6.96. The van der Waals surface area contributed by atoms with E-state index in [1.165, 1.54) is 30.4 Å². The van der Waals surface area contributed by atoms with Gasteiger partial charge in [-0.2, -0.15) is 0 Å². The first-order valence-corrected chi connectivity index (χ1v) is 18.1. The van der Waals surface area contributed by atoms with Crippen molar-refractivity contribution in [2.75, 3.05) is 30.3 Å². The van der Waals surface area contributed by atoms with Crippen LogP contribution >= 0.6 is 23.2 Å². The number of carbonyl (C=O) groups excluding carboxylic acids is 2. The predicted molar refractivity (Wildman–Crippen MR) is 197 cm³/mol. The van der Waals surface area contributed by atoms with Gasteiger partial charge in [0, 0.05) is 49.2 Å². The molecule has 1 saturated heterocycles. The second-order valence-corrected chi connectivity index (χ2v) is 14.5. The van der Waals surface area contributed by atoms with Gasteiger partial charge in [-0.15, -0.1) is 0 Å². The maximum absolute atomic E-state index is 13.5. The number of hydrogen-bond donors (Lipinski definition) is 2. The molecule has 2 fully saturated rings. The van der Waals surface area contributed by atoms with Gasteiger partial charge in [0.25, 0.3) is 11.8 Å². The van der Waals surface area contributed by atoms with Crippen LogP contribution in [0.4, 0.5) is 11.4 Å². The van der Waals surface area contributed by atoms with E-state index in [1.807, 2.05) is 48.8 Å². The molecule has 0 radical (unpaired) electrons. The van der Waals surface area contributed by atoms with Gasteiger partial charge in [-0.25, -0.2) is 0 Å². The van der Waals surface area contributed by atoms with Gasteiger partial charge in [0.1, 0.15) is 11.4 Å². The molecule has 0 atom stereocenters. The summed E-state index contributed by atoms with van der Waals surface area (Å²) in [6.07, 6.45) is 10.6. The van der Waals surface area contributed by atoms with Crippen LogP contribution in [0.3, 0.4) is 0 Å². The molecule has 2 amide bonds. The summed E-state index contributed by atoms with van der Waals surface area (Å²) >= 11 is 13.8. The summed E-state index contributed by atoms with van der Waals surface area (Å²) in [5.41, 5.74) is 7.65. The number of pyridine rings is 2. The lowest BCUT2D eigenvalue weighted by molar-refractivity contribution is 0.101. The standard InChI is InChI=1S/C39H42Cl2N6O2/c1-24(2)47-17-14-26-18-34(42-20-27(26)23-47)38(48)44-32-10-6-8-29(36(32)40)30-9-7-11-33(37(30)41)45-39(49)35-19-31(25-12-13-25)28(21-43-35)22-46-15-4-3-5-16-46/h6-11,18-21,24-25H,3-5,12-17,22-23H2,1-2H3,(H,44,48)(H,45,49). The number of likely N-dealkylation sites (tertiary alicyclic amines) is 1. The minimum Gasteiger partial charge on any atom is -0.319 e. The minimum absolute atomic E-state index is 0.313. The number of piperidine rings is 1. The number of amides is 2. The lowest BCUT2D eigenvalue weighted by Gasteiger charge is -2.31. The average molecular weight is 698 g/mol. The average Bonchev–Trinajstić information content (AvgIpc) is 3.96. The molecule has 10 heteroatoms. The molecule has 3 aliphatic rings. The lowest BCUT2D eigenvalue weighted by atomic mass is 10.00. The Balaban J connectivity index is 1.07. The number of anilines is 2. The van der Waals surface area contributed by atoms with Crippen molar-refractivity contribution in [2.24, 2.45) is 0 Å². The SMILES string of the molecule is CC(C)N1CCc2cc(C(=O)Nc3cccc(-c4cccc(NC(=O)c5cc(C6CC6)c(CN6CCCCC6)cn5)c4Cl)c3Cl)ncc2C1. The van der Waals surface area contributed by atoms with Crippen molar-refractivity contribution in [2.45, 2.75) is 77.4 Å². The topological polar surface area (TPSA) is 90.5 Å². The molecule has 2 aliphatic heterocycles. The number of nitrogens with one attached hydrogen (secondary N) is 2. The van der Waals surface area contributed by atoms with E-state index in [0.29, 0.717) is 55.9 Å². The molecule has 0 bridgehead atoms. The summed E-state index contributed by atoms with van der Waals surface area (Å²) in [6.45, 7) is 9.28. The number of nitrogens with zero attached hydrogens (tertiary/aromatic N) is 4. The summed E-state index contributed by atoms with van der Waals surface area (Å²) in [5, 5.41) is 6.60. The van der Waals surface area contributed by atoms with Gasteiger partial charge < -0.3 is 10.6 Å². The number of halogens is 2. The second kappa shape index (κ2) is 14.6. The molecular weight excluding hydrogens is 655 g/mol. The van der Waals surface area contributed by atoms with E-state index < -0.39 is 0 Å². The van der Waals surface area contributed by atoms with Crippen LogP contribution in [-0.4, -0.2) is 57.3 Å². The molecule has 0 unspecified atom stereocenters.